The van der Waals surface area contributed by atoms with E-state index in [9.17, 15) is 0 Å². The number of ether oxygens (including phenoxy) is 1. The Morgan fingerprint density at radius 2 is 0.931 bits per heavy atom. The minimum atomic E-state index is -0.571. The van der Waals surface area contributed by atoms with E-state index in [-0.39, 0.29) is 0 Å². The zero-order chi connectivity index (χ0) is 38.2. The van der Waals surface area contributed by atoms with Crippen LogP contribution in [0.15, 0.2) is 217 Å². The fraction of sp³-hybridized carbons (Fsp3) is 0.0182. The van der Waals surface area contributed by atoms with Gasteiger partial charge in [-0.15, -0.1) is 0 Å². The molecule has 3 nitrogen and oxygen atoms in total. The summed E-state index contributed by atoms with van der Waals surface area (Å²) in [5.74, 6) is 1.77. The molecule has 58 heavy (non-hydrogen) atoms. The maximum absolute atomic E-state index is 6.86. The van der Waals surface area contributed by atoms with Gasteiger partial charge in [0.25, 0.3) is 0 Å². The summed E-state index contributed by atoms with van der Waals surface area (Å²) in [7, 11) is 0. The summed E-state index contributed by atoms with van der Waals surface area (Å²) in [6.07, 6.45) is 0. The molecule has 3 heteroatoms. The number of nitrogens with zero attached hydrogens (tertiary/aromatic N) is 1. The van der Waals surface area contributed by atoms with Crippen molar-refractivity contribution in [1.82, 2.24) is 0 Å². The molecule has 0 amide bonds. The molecule has 0 N–H and O–H groups in total. The summed E-state index contributed by atoms with van der Waals surface area (Å²) in [5.41, 5.74) is 16.2. The maximum atomic E-state index is 6.86. The summed E-state index contributed by atoms with van der Waals surface area (Å²) in [5, 5.41) is 2.19. The molecule has 0 saturated carbocycles. The summed E-state index contributed by atoms with van der Waals surface area (Å²) in [4.78, 5) is 2.37. The molecule has 12 rings (SSSR count). The van der Waals surface area contributed by atoms with Crippen LogP contribution >= 0.6 is 0 Å². The van der Waals surface area contributed by atoms with Crippen LogP contribution in [0, 0.1) is 0 Å². The minimum Gasteiger partial charge on any atom is -0.457 e. The topological polar surface area (TPSA) is 25.6 Å². The number of hydrogen-bond donors (Lipinski definition) is 0. The normalized spacial score (nSPS) is 13.1. The second-order valence-electron chi connectivity index (χ2n) is 15.2. The lowest BCUT2D eigenvalue weighted by atomic mass is 9.66. The smallest absolute Gasteiger partial charge is 0.136 e. The van der Waals surface area contributed by atoms with E-state index in [0.717, 1.165) is 72.8 Å². The van der Waals surface area contributed by atoms with E-state index in [1.807, 2.05) is 0 Å². The highest BCUT2D eigenvalue weighted by Gasteiger charge is 2.51. The van der Waals surface area contributed by atoms with Gasteiger partial charge in [0.15, 0.2) is 0 Å². The number of hydrogen-bond acceptors (Lipinski definition) is 3. The molecule has 1 aliphatic carbocycles. The molecule has 0 bridgehead atoms. The number of benzene rings is 9. The first kappa shape index (κ1) is 32.6. The number of fused-ring (bicyclic) bond motifs is 12. The van der Waals surface area contributed by atoms with E-state index in [0.29, 0.717) is 0 Å². The van der Waals surface area contributed by atoms with Gasteiger partial charge in [0.05, 0.1) is 11.1 Å². The van der Waals surface area contributed by atoms with Gasteiger partial charge in [0, 0.05) is 38.8 Å². The highest BCUT2D eigenvalue weighted by molar-refractivity contribution is 6.15. The first-order valence-electron chi connectivity index (χ1n) is 19.8. The average molecular weight is 742 g/mol. The lowest BCUT2D eigenvalue weighted by molar-refractivity contribution is 0.436. The number of furan rings is 1. The molecule has 9 aromatic carbocycles. The molecule has 1 aliphatic heterocycles. The molecule has 2 aliphatic rings. The Balaban J connectivity index is 1.10. The fourth-order valence-corrected chi connectivity index (χ4v) is 9.73. The van der Waals surface area contributed by atoms with Gasteiger partial charge < -0.3 is 14.1 Å². The molecule has 0 saturated heterocycles. The predicted octanol–water partition coefficient (Wildman–Crippen LogP) is 14.9. The third-order valence-electron chi connectivity index (χ3n) is 12.1. The highest BCUT2D eigenvalue weighted by atomic mass is 16.5. The predicted molar refractivity (Wildman–Crippen MR) is 237 cm³/mol. The Bertz CT molecular complexity index is 3150. The van der Waals surface area contributed by atoms with E-state index < -0.39 is 5.41 Å². The number of rotatable bonds is 5. The molecule has 1 aromatic heterocycles. The Kier molecular flexibility index (Phi) is 7.14. The fourth-order valence-electron chi connectivity index (χ4n) is 9.73. The van der Waals surface area contributed by atoms with Gasteiger partial charge >= 0.3 is 0 Å². The Hall–Kier alpha value is -7.62. The minimum absolute atomic E-state index is 0.571. The second kappa shape index (κ2) is 12.7. The summed E-state index contributed by atoms with van der Waals surface area (Å²) in [6.45, 7) is 0. The third kappa shape index (κ3) is 4.68. The van der Waals surface area contributed by atoms with Crippen molar-refractivity contribution in [1.29, 1.82) is 0 Å². The zero-order valence-corrected chi connectivity index (χ0v) is 31.5. The molecule has 10 aromatic rings. The van der Waals surface area contributed by atoms with Crippen LogP contribution in [0.4, 0.5) is 17.1 Å². The van der Waals surface area contributed by atoms with E-state index >= 15 is 0 Å². The average Bonchev–Trinajstić information content (AvgIpc) is 3.80. The molecular weight excluding hydrogens is 707 g/mol. The van der Waals surface area contributed by atoms with Crippen molar-refractivity contribution in [2.45, 2.75) is 5.41 Å². The molecular formula is C55H35NO2. The molecule has 0 radical (unpaired) electrons. The molecule has 2 heterocycles. The van der Waals surface area contributed by atoms with E-state index in [1.165, 1.54) is 33.4 Å². The van der Waals surface area contributed by atoms with Gasteiger partial charge in [-0.2, -0.15) is 0 Å². The monoisotopic (exact) mass is 741 g/mol. The first-order chi connectivity index (χ1) is 28.8. The largest absolute Gasteiger partial charge is 0.457 e. The lowest BCUT2D eigenvalue weighted by Crippen LogP contribution is -2.32. The van der Waals surface area contributed by atoms with E-state index in [2.05, 4.69) is 217 Å². The summed E-state index contributed by atoms with van der Waals surface area (Å²) >= 11 is 0. The highest BCUT2D eigenvalue weighted by Crippen LogP contribution is 2.63. The van der Waals surface area contributed by atoms with Gasteiger partial charge in [0.1, 0.15) is 22.7 Å². The SMILES string of the molecule is c1ccc(-c2ccc(N(c3ccccc3)c3ccccc3-c3cccc4oc5cc6c(cc5c34)C3(c4ccccc4Oc4ccccc43)c3ccccc3-6)cc2)cc1. The third-order valence-corrected chi connectivity index (χ3v) is 12.1. The Labute approximate surface area is 336 Å². The van der Waals surface area contributed by atoms with Crippen LogP contribution in [0.1, 0.15) is 22.3 Å². The van der Waals surface area contributed by atoms with Crippen LogP contribution in [0.25, 0.3) is 55.3 Å². The Morgan fingerprint density at radius 3 is 1.67 bits per heavy atom. The maximum Gasteiger partial charge on any atom is 0.136 e. The van der Waals surface area contributed by atoms with Crippen LogP contribution in [0.2, 0.25) is 0 Å². The van der Waals surface area contributed by atoms with Crippen LogP contribution < -0.4 is 9.64 Å². The van der Waals surface area contributed by atoms with Crippen LogP contribution in [-0.4, -0.2) is 0 Å². The van der Waals surface area contributed by atoms with Gasteiger partial charge in [-0.3, -0.25) is 0 Å². The quantitative estimate of drug-likeness (QED) is 0.176. The van der Waals surface area contributed by atoms with Crippen LogP contribution in [-0.2, 0) is 5.41 Å². The summed E-state index contributed by atoms with van der Waals surface area (Å²) in [6, 6.07) is 75.9. The number of para-hydroxylation sites is 4. The zero-order valence-electron chi connectivity index (χ0n) is 31.5. The molecule has 1 spiro atoms. The van der Waals surface area contributed by atoms with Crippen LogP contribution in [0.5, 0.6) is 11.5 Å². The van der Waals surface area contributed by atoms with Gasteiger partial charge in [-0.05, 0) is 99.6 Å². The van der Waals surface area contributed by atoms with Crippen molar-refractivity contribution in [2.24, 2.45) is 0 Å². The van der Waals surface area contributed by atoms with E-state index in [1.54, 1.807) is 0 Å². The van der Waals surface area contributed by atoms with E-state index in [4.69, 9.17) is 9.15 Å². The standard InChI is InChI=1S/C55H35NO2/c1-3-16-36(17-4-1)37-30-32-39(33-31-37)56(38-18-5-2-6-19-38)49-26-12-8-21-41(49)42-22-15-29-52-54(42)44-34-48-43(35-53(44)58-52)40-20-7-9-23-45(40)55(48)46-24-10-13-27-50(46)57-51-28-14-11-25-47(51)55/h1-35H. The van der Waals surface area contributed by atoms with Crippen LogP contribution in [0.3, 0.4) is 0 Å². The molecule has 0 atom stereocenters. The van der Waals surface area contributed by atoms with Gasteiger partial charge in [-0.25, -0.2) is 0 Å². The molecule has 272 valence electrons. The van der Waals surface area contributed by atoms with Crippen molar-refractivity contribution in [3.05, 3.63) is 235 Å². The van der Waals surface area contributed by atoms with Crippen molar-refractivity contribution in [3.63, 3.8) is 0 Å². The van der Waals surface area contributed by atoms with Crippen molar-refractivity contribution in [3.8, 4) is 44.9 Å². The lowest BCUT2D eigenvalue weighted by Gasteiger charge is -2.39. The van der Waals surface area contributed by atoms with Crippen molar-refractivity contribution < 1.29 is 9.15 Å². The Morgan fingerprint density at radius 1 is 0.362 bits per heavy atom. The first-order valence-corrected chi connectivity index (χ1v) is 19.8. The van der Waals surface area contributed by atoms with Crippen molar-refractivity contribution in [2.75, 3.05) is 4.90 Å². The molecule has 0 unspecified atom stereocenters. The molecule has 0 fully saturated rings. The van der Waals surface area contributed by atoms with Gasteiger partial charge in [-0.1, -0.05) is 152 Å². The second-order valence-corrected chi connectivity index (χ2v) is 15.2. The van der Waals surface area contributed by atoms with Gasteiger partial charge in [0.2, 0.25) is 0 Å². The summed E-state index contributed by atoms with van der Waals surface area (Å²) < 4.78 is 13.5. The van der Waals surface area contributed by atoms with Crippen molar-refractivity contribution >= 4 is 39.0 Å². The number of anilines is 3.